The van der Waals surface area contributed by atoms with Crippen LogP contribution in [0.25, 0.3) is 0 Å². The van der Waals surface area contributed by atoms with Crippen LogP contribution in [0.5, 0.6) is 11.5 Å². The molecule has 118 valence electrons. The number of nitrogens with zero attached hydrogens (tertiary/aromatic N) is 1. The van der Waals surface area contributed by atoms with E-state index in [4.69, 9.17) is 16.3 Å². The van der Waals surface area contributed by atoms with E-state index in [0.717, 1.165) is 18.0 Å². The molecular weight excluding hydrogens is 294 g/mol. The minimum Gasteiger partial charge on any atom is -0.457 e. The van der Waals surface area contributed by atoms with Gasteiger partial charge in [-0.2, -0.15) is 0 Å². The number of halogens is 1. The predicted octanol–water partition coefficient (Wildman–Crippen LogP) is 6.15. The van der Waals surface area contributed by atoms with E-state index in [2.05, 4.69) is 37.8 Å². The Kier molecular flexibility index (Phi) is 6.14. The molecule has 0 aliphatic heterocycles. The van der Waals surface area contributed by atoms with Gasteiger partial charge in [0.05, 0.1) is 0 Å². The molecule has 0 heterocycles. The van der Waals surface area contributed by atoms with Gasteiger partial charge in [0.15, 0.2) is 0 Å². The molecule has 0 spiro atoms. The van der Waals surface area contributed by atoms with Crippen molar-refractivity contribution in [2.45, 2.75) is 39.7 Å². The number of unbranched alkanes of at least 4 members (excludes halogenated alkanes) is 1. The lowest BCUT2D eigenvalue weighted by Gasteiger charge is -2.29. The standard InChI is InChI=1S/C19H24ClNO/c1-4-5-14-21(15(2)3)17-8-12-19(13-9-17)22-18-10-6-16(20)7-11-18/h6-13,15H,4-5,14H2,1-3H3. The van der Waals surface area contributed by atoms with E-state index in [9.17, 15) is 0 Å². The van der Waals surface area contributed by atoms with Crippen LogP contribution in [-0.2, 0) is 0 Å². The number of benzene rings is 2. The van der Waals surface area contributed by atoms with Crippen molar-refractivity contribution in [2.24, 2.45) is 0 Å². The molecule has 0 amide bonds. The van der Waals surface area contributed by atoms with Gasteiger partial charge >= 0.3 is 0 Å². The average molecular weight is 318 g/mol. The first-order valence-electron chi connectivity index (χ1n) is 7.90. The van der Waals surface area contributed by atoms with Gasteiger partial charge < -0.3 is 9.64 Å². The molecule has 0 aliphatic carbocycles. The molecule has 2 rings (SSSR count). The van der Waals surface area contributed by atoms with E-state index >= 15 is 0 Å². The molecule has 2 aromatic carbocycles. The summed E-state index contributed by atoms with van der Waals surface area (Å²) in [5.74, 6) is 1.63. The normalized spacial score (nSPS) is 10.8. The number of hydrogen-bond acceptors (Lipinski definition) is 2. The summed E-state index contributed by atoms with van der Waals surface area (Å²) < 4.78 is 5.83. The maximum atomic E-state index is 5.88. The van der Waals surface area contributed by atoms with Crippen molar-refractivity contribution in [3.05, 3.63) is 53.6 Å². The monoisotopic (exact) mass is 317 g/mol. The van der Waals surface area contributed by atoms with Gasteiger partial charge in [0.1, 0.15) is 11.5 Å². The summed E-state index contributed by atoms with van der Waals surface area (Å²) in [5.41, 5.74) is 1.24. The largest absolute Gasteiger partial charge is 0.457 e. The van der Waals surface area contributed by atoms with Gasteiger partial charge in [0.25, 0.3) is 0 Å². The van der Waals surface area contributed by atoms with Crippen molar-refractivity contribution in [3.8, 4) is 11.5 Å². The zero-order chi connectivity index (χ0) is 15.9. The fourth-order valence-corrected chi connectivity index (χ4v) is 2.48. The molecule has 0 saturated heterocycles. The molecule has 0 saturated carbocycles. The highest BCUT2D eigenvalue weighted by atomic mass is 35.5. The van der Waals surface area contributed by atoms with Gasteiger partial charge in [0, 0.05) is 23.3 Å². The summed E-state index contributed by atoms with van der Waals surface area (Å²) in [7, 11) is 0. The highest BCUT2D eigenvalue weighted by Gasteiger charge is 2.10. The lowest BCUT2D eigenvalue weighted by molar-refractivity contribution is 0.482. The Balaban J connectivity index is 2.06. The van der Waals surface area contributed by atoms with Crippen LogP contribution >= 0.6 is 11.6 Å². The summed E-state index contributed by atoms with van der Waals surface area (Å²) in [6, 6.07) is 16.2. The molecule has 0 N–H and O–H groups in total. The first-order valence-corrected chi connectivity index (χ1v) is 8.28. The molecule has 22 heavy (non-hydrogen) atoms. The molecule has 0 fully saturated rings. The van der Waals surface area contributed by atoms with Gasteiger partial charge in [-0.15, -0.1) is 0 Å². The second-order valence-electron chi connectivity index (χ2n) is 5.69. The van der Waals surface area contributed by atoms with E-state index < -0.39 is 0 Å². The third-order valence-corrected chi connectivity index (χ3v) is 3.85. The first kappa shape index (κ1) is 16.7. The Hall–Kier alpha value is -1.67. The highest BCUT2D eigenvalue weighted by Crippen LogP contribution is 2.26. The summed E-state index contributed by atoms with van der Waals surface area (Å²) in [6.45, 7) is 7.77. The maximum absolute atomic E-state index is 5.88. The highest BCUT2D eigenvalue weighted by molar-refractivity contribution is 6.30. The predicted molar refractivity (Wildman–Crippen MR) is 95.4 cm³/mol. The van der Waals surface area contributed by atoms with Crippen molar-refractivity contribution < 1.29 is 4.74 Å². The smallest absolute Gasteiger partial charge is 0.127 e. The van der Waals surface area contributed by atoms with Crippen LogP contribution in [-0.4, -0.2) is 12.6 Å². The lowest BCUT2D eigenvalue weighted by atomic mass is 10.2. The molecule has 3 heteroatoms. The number of ether oxygens (including phenoxy) is 1. The minimum atomic E-state index is 0.495. The quantitative estimate of drug-likeness (QED) is 0.607. The topological polar surface area (TPSA) is 12.5 Å². The SMILES string of the molecule is CCCCN(c1ccc(Oc2ccc(Cl)cc2)cc1)C(C)C. The van der Waals surface area contributed by atoms with Crippen LogP contribution in [0.15, 0.2) is 48.5 Å². The van der Waals surface area contributed by atoms with Crippen molar-refractivity contribution in [2.75, 3.05) is 11.4 Å². The molecule has 0 bridgehead atoms. The van der Waals surface area contributed by atoms with Gasteiger partial charge in [-0.05, 0) is 68.8 Å². The number of hydrogen-bond donors (Lipinski definition) is 0. The van der Waals surface area contributed by atoms with Crippen molar-refractivity contribution in [3.63, 3.8) is 0 Å². The van der Waals surface area contributed by atoms with Crippen LogP contribution in [0.4, 0.5) is 5.69 Å². The first-order chi connectivity index (χ1) is 10.6. The van der Waals surface area contributed by atoms with E-state index in [1.165, 1.54) is 18.5 Å². The van der Waals surface area contributed by atoms with Gasteiger partial charge in [-0.1, -0.05) is 24.9 Å². The van der Waals surface area contributed by atoms with E-state index in [1.54, 1.807) is 0 Å². The minimum absolute atomic E-state index is 0.495. The van der Waals surface area contributed by atoms with Crippen molar-refractivity contribution in [1.29, 1.82) is 0 Å². The summed E-state index contributed by atoms with van der Waals surface area (Å²) >= 11 is 5.88. The Bertz CT molecular complexity index is 563. The summed E-state index contributed by atoms with van der Waals surface area (Å²) in [4.78, 5) is 2.43. The Morgan fingerprint density at radius 1 is 0.955 bits per heavy atom. The molecule has 0 aromatic heterocycles. The van der Waals surface area contributed by atoms with Crippen LogP contribution in [0.1, 0.15) is 33.6 Å². The zero-order valence-corrected chi connectivity index (χ0v) is 14.3. The summed E-state index contributed by atoms with van der Waals surface area (Å²) in [5, 5.41) is 0.714. The van der Waals surface area contributed by atoms with Gasteiger partial charge in [-0.25, -0.2) is 0 Å². The van der Waals surface area contributed by atoms with Crippen LogP contribution in [0, 0.1) is 0 Å². The Labute approximate surface area is 138 Å². The Morgan fingerprint density at radius 3 is 2.00 bits per heavy atom. The molecule has 2 aromatic rings. The number of rotatable bonds is 7. The molecule has 2 nitrogen and oxygen atoms in total. The van der Waals surface area contributed by atoms with Gasteiger partial charge in [0.2, 0.25) is 0 Å². The van der Waals surface area contributed by atoms with Crippen LogP contribution < -0.4 is 9.64 Å². The average Bonchev–Trinajstić information content (AvgIpc) is 2.51. The molecule has 0 radical (unpaired) electrons. The maximum Gasteiger partial charge on any atom is 0.127 e. The third kappa shape index (κ3) is 4.67. The second kappa shape index (κ2) is 8.09. The molecule has 0 atom stereocenters. The lowest BCUT2D eigenvalue weighted by Crippen LogP contribution is -2.31. The van der Waals surface area contributed by atoms with Crippen molar-refractivity contribution >= 4 is 17.3 Å². The van der Waals surface area contributed by atoms with Crippen LogP contribution in [0.3, 0.4) is 0 Å². The third-order valence-electron chi connectivity index (χ3n) is 3.59. The molecule has 0 aliphatic rings. The van der Waals surface area contributed by atoms with Gasteiger partial charge in [-0.3, -0.25) is 0 Å². The second-order valence-corrected chi connectivity index (χ2v) is 6.13. The summed E-state index contributed by atoms with van der Waals surface area (Å²) in [6.07, 6.45) is 2.42. The fourth-order valence-electron chi connectivity index (χ4n) is 2.36. The number of anilines is 1. The van der Waals surface area contributed by atoms with Crippen molar-refractivity contribution in [1.82, 2.24) is 0 Å². The van der Waals surface area contributed by atoms with E-state index in [0.29, 0.717) is 11.1 Å². The molecular formula is C19H24ClNO. The Morgan fingerprint density at radius 2 is 1.50 bits per heavy atom. The zero-order valence-electron chi connectivity index (χ0n) is 13.6. The van der Waals surface area contributed by atoms with E-state index in [-0.39, 0.29) is 0 Å². The fraction of sp³-hybridized carbons (Fsp3) is 0.368. The van der Waals surface area contributed by atoms with Crippen LogP contribution in [0.2, 0.25) is 5.02 Å². The van der Waals surface area contributed by atoms with E-state index in [1.807, 2.05) is 36.4 Å². The molecule has 0 unspecified atom stereocenters.